The number of nitrogens with zero attached hydrogens (tertiary/aromatic N) is 3. The Morgan fingerprint density at radius 3 is 2.16 bits per heavy atom. The molecule has 0 radical (unpaired) electrons. The molecule has 11 nitrogen and oxygen atoms in total. The molecular weight excluding hydrogens is 574 g/mol. The van der Waals surface area contributed by atoms with Gasteiger partial charge in [-0.15, -0.1) is 0 Å². The average molecular weight is 626 g/mol. The predicted molar refractivity (Wildman–Crippen MR) is 174 cm³/mol. The number of aliphatic hydroxyl groups excluding tert-OH is 2. The summed E-state index contributed by atoms with van der Waals surface area (Å²) in [7, 11) is 0. The molecule has 0 unspecified atom stereocenters. The van der Waals surface area contributed by atoms with E-state index in [1.807, 2.05) is 52.0 Å². The highest BCUT2D eigenvalue weighted by molar-refractivity contribution is 5.97. The molecule has 4 N–H and O–H groups in total. The summed E-state index contributed by atoms with van der Waals surface area (Å²) < 4.78 is 6.19. The van der Waals surface area contributed by atoms with Crippen molar-refractivity contribution in [1.82, 2.24) is 20.5 Å². The molecule has 0 aliphatic carbocycles. The Hall–Kier alpha value is -3.70. The van der Waals surface area contributed by atoms with Crippen LogP contribution in [-0.2, 0) is 9.59 Å². The summed E-state index contributed by atoms with van der Waals surface area (Å²) in [6.07, 6.45) is 7.58. The van der Waals surface area contributed by atoms with E-state index in [0.717, 1.165) is 19.3 Å². The van der Waals surface area contributed by atoms with Gasteiger partial charge >= 0.3 is 0 Å². The first-order valence-electron chi connectivity index (χ1n) is 16.1. The molecule has 248 valence electrons. The van der Waals surface area contributed by atoms with Gasteiger partial charge in [-0.05, 0) is 55.7 Å². The lowest BCUT2D eigenvalue weighted by molar-refractivity contribution is -0.123. The molecule has 3 amide bonds. The van der Waals surface area contributed by atoms with Crippen molar-refractivity contribution in [1.29, 1.82) is 0 Å². The number of hydrogen-bond acceptors (Lipinski definition) is 8. The molecule has 11 heteroatoms. The van der Waals surface area contributed by atoms with Crippen LogP contribution in [0.15, 0.2) is 42.7 Å². The molecule has 0 fully saturated rings. The number of nitrogens with one attached hydrogen (secondary N) is 2. The van der Waals surface area contributed by atoms with E-state index in [2.05, 4.69) is 15.6 Å². The monoisotopic (exact) mass is 625 g/mol. The number of fused-ring (bicyclic) bond motifs is 3. The molecule has 2 heterocycles. The zero-order valence-corrected chi connectivity index (χ0v) is 27.2. The number of carbonyl (C=O) groups is 3. The number of pyridine rings is 1. The maximum Gasteiger partial charge on any atom is 0.255 e. The third kappa shape index (κ3) is 11.6. The van der Waals surface area contributed by atoms with Crippen LogP contribution in [0.1, 0.15) is 76.6 Å². The van der Waals surface area contributed by atoms with Crippen LogP contribution in [0.3, 0.4) is 0 Å². The molecule has 0 spiro atoms. The third-order valence-corrected chi connectivity index (χ3v) is 7.62. The molecule has 45 heavy (non-hydrogen) atoms. The van der Waals surface area contributed by atoms with E-state index in [1.165, 1.54) is 11.1 Å². The zero-order valence-electron chi connectivity index (χ0n) is 27.2. The quantitative estimate of drug-likeness (QED) is 0.280. The number of aromatic nitrogens is 1. The third-order valence-electron chi connectivity index (χ3n) is 7.62. The lowest BCUT2D eigenvalue weighted by atomic mass is 10.0. The Bertz CT molecular complexity index is 1240. The zero-order chi connectivity index (χ0) is 32.8. The number of para-hydroxylation sites is 2. The number of carbonyl (C=O) groups excluding carboxylic acids is 3. The van der Waals surface area contributed by atoms with Crippen molar-refractivity contribution < 1.29 is 29.3 Å². The second-order valence-electron chi connectivity index (χ2n) is 12.6. The Balaban J connectivity index is 1.95. The molecule has 1 aliphatic heterocycles. The van der Waals surface area contributed by atoms with Gasteiger partial charge in [0.2, 0.25) is 11.8 Å². The number of rotatable bonds is 12. The molecule has 0 saturated carbocycles. The van der Waals surface area contributed by atoms with Crippen molar-refractivity contribution >= 4 is 29.1 Å². The van der Waals surface area contributed by atoms with Gasteiger partial charge in [0.05, 0.1) is 61.6 Å². The molecule has 1 aromatic carbocycles. The van der Waals surface area contributed by atoms with Crippen LogP contribution >= 0.6 is 0 Å². The highest BCUT2D eigenvalue weighted by Gasteiger charge is 2.25. The maximum atomic E-state index is 13.9. The standard InChI is InChI=1S/C34H51N5O6/c1-24(2)15-27(22-40)36-32(42)20-38-13-9-5-6-10-14-45-31-12-8-7-11-30(31)39(29-17-26(34(38)44)18-35-19-29)21-33(43)37-28(23-41)16-25(3)4/h7-8,11-12,17-19,24-25,27-28,40-41H,5-6,9-10,13-16,20-23H2,1-4H3,(H,36,42)(H,37,43)/t27-,28-/m0/s1. The number of ether oxygens (including phenoxy) is 1. The predicted octanol–water partition coefficient (Wildman–Crippen LogP) is 3.66. The summed E-state index contributed by atoms with van der Waals surface area (Å²) in [4.78, 5) is 47.9. The SMILES string of the molecule is CC(C)C[C@@H](CO)NC(=O)CN1CCCCCCOc2ccccc2N(CC(=O)N[C@H](CO)CC(C)C)c2cncc(c2)C1=O. The van der Waals surface area contributed by atoms with E-state index in [4.69, 9.17) is 4.74 Å². The summed E-state index contributed by atoms with van der Waals surface area (Å²) in [5.41, 5.74) is 1.44. The molecule has 3 rings (SSSR count). The van der Waals surface area contributed by atoms with Crippen molar-refractivity contribution in [2.24, 2.45) is 11.8 Å². The van der Waals surface area contributed by atoms with Crippen molar-refractivity contribution in [3.63, 3.8) is 0 Å². The lowest BCUT2D eigenvalue weighted by Crippen LogP contribution is -2.46. The van der Waals surface area contributed by atoms with Gasteiger partial charge in [0.15, 0.2) is 0 Å². The topological polar surface area (TPSA) is 144 Å². The number of amides is 3. The average Bonchev–Trinajstić information content (AvgIpc) is 3.01. The minimum atomic E-state index is -0.385. The van der Waals surface area contributed by atoms with Crippen LogP contribution in [0.2, 0.25) is 0 Å². The van der Waals surface area contributed by atoms with Crippen molar-refractivity contribution in [3.05, 3.63) is 48.3 Å². The van der Waals surface area contributed by atoms with E-state index in [-0.39, 0.29) is 67.6 Å². The Morgan fingerprint density at radius 1 is 0.889 bits per heavy atom. The van der Waals surface area contributed by atoms with Crippen LogP contribution in [0.5, 0.6) is 5.75 Å². The van der Waals surface area contributed by atoms with Crippen LogP contribution in [0, 0.1) is 11.8 Å². The van der Waals surface area contributed by atoms with Crippen LogP contribution in [0.25, 0.3) is 0 Å². The normalized spacial score (nSPS) is 15.9. The molecule has 2 bridgehead atoms. The van der Waals surface area contributed by atoms with Gasteiger partial charge in [-0.2, -0.15) is 0 Å². The summed E-state index contributed by atoms with van der Waals surface area (Å²) in [5, 5.41) is 25.4. The first kappa shape index (κ1) is 35.8. The highest BCUT2D eigenvalue weighted by atomic mass is 16.5. The smallest absolute Gasteiger partial charge is 0.255 e. The molecule has 0 saturated heterocycles. The molecule has 2 atom stereocenters. The van der Waals surface area contributed by atoms with Crippen molar-refractivity contribution in [2.75, 3.05) is 44.4 Å². The fourth-order valence-corrected chi connectivity index (χ4v) is 5.55. The van der Waals surface area contributed by atoms with E-state index in [1.54, 1.807) is 17.2 Å². The second-order valence-corrected chi connectivity index (χ2v) is 12.6. The van der Waals surface area contributed by atoms with Gasteiger partial charge in [0, 0.05) is 12.7 Å². The van der Waals surface area contributed by atoms with Crippen LogP contribution < -0.4 is 20.3 Å². The summed E-state index contributed by atoms with van der Waals surface area (Å²) in [6, 6.07) is 8.36. The maximum absolute atomic E-state index is 13.9. The van der Waals surface area contributed by atoms with Crippen LogP contribution in [0.4, 0.5) is 11.4 Å². The van der Waals surface area contributed by atoms with E-state index < -0.39 is 0 Å². The fraction of sp³-hybridized carbons (Fsp3) is 0.588. The van der Waals surface area contributed by atoms with Gasteiger partial charge in [-0.3, -0.25) is 19.4 Å². The first-order chi connectivity index (χ1) is 21.6. The van der Waals surface area contributed by atoms with E-state index in [9.17, 15) is 24.6 Å². The number of benzene rings is 1. The summed E-state index contributed by atoms with van der Waals surface area (Å²) in [5.74, 6) is 0.223. The largest absolute Gasteiger partial charge is 0.491 e. The summed E-state index contributed by atoms with van der Waals surface area (Å²) >= 11 is 0. The van der Waals surface area contributed by atoms with Gasteiger partial charge in [-0.1, -0.05) is 52.7 Å². The molecular formula is C34H51N5O6. The number of hydrogen-bond donors (Lipinski definition) is 4. The van der Waals surface area contributed by atoms with Gasteiger partial charge in [0.25, 0.3) is 5.91 Å². The molecule has 1 aromatic heterocycles. The fourth-order valence-electron chi connectivity index (χ4n) is 5.55. The highest BCUT2D eigenvalue weighted by Crippen LogP contribution is 2.34. The Labute approximate surface area is 267 Å². The van der Waals surface area contributed by atoms with E-state index >= 15 is 0 Å². The molecule has 1 aliphatic rings. The Morgan fingerprint density at radius 2 is 1.51 bits per heavy atom. The van der Waals surface area contributed by atoms with Crippen LogP contribution in [-0.4, -0.2) is 89.4 Å². The molecule has 2 aromatic rings. The van der Waals surface area contributed by atoms with Gasteiger partial charge in [-0.25, -0.2) is 0 Å². The second kappa shape index (κ2) is 18.3. The van der Waals surface area contributed by atoms with Crippen molar-refractivity contribution in [3.8, 4) is 5.75 Å². The number of aliphatic hydroxyl groups is 2. The van der Waals surface area contributed by atoms with Crippen molar-refractivity contribution in [2.45, 2.75) is 78.3 Å². The summed E-state index contributed by atoms with van der Waals surface area (Å²) in [6.45, 7) is 8.39. The Kier molecular flexibility index (Phi) is 14.6. The van der Waals surface area contributed by atoms with E-state index in [0.29, 0.717) is 55.5 Å². The number of anilines is 2. The first-order valence-corrected chi connectivity index (χ1v) is 16.1. The lowest BCUT2D eigenvalue weighted by Gasteiger charge is -2.28. The minimum absolute atomic E-state index is 0.0984. The van der Waals surface area contributed by atoms with Gasteiger partial charge in [0.1, 0.15) is 12.3 Å². The van der Waals surface area contributed by atoms with Gasteiger partial charge < -0.3 is 35.4 Å². The minimum Gasteiger partial charge on any atom is -0.491 e.